The molecule has 4 rings (SSSR count). The van der Waals surface area contributed by atoms with Gasteiger partial charge in [-0.25, -0.2) is 0 Å². The van der Waals surface area contributed by atoms with Crippen LogP contribution in [0.2, 0.25) is 0 Å². The Morgan fingerprint density at radius 2 is 1.16 bits per heavy atom. The van der Waals surface area contributed by atoms with Crippen LogP contribution in [0.5, 0.6) is 0 Å². The van der Waals surface area contributed by atoms with E-state index >= 15 is 0 Å². The van der Waals surface area contributed by atoms with Crippen LogP contribution >= 0.6 is 0 Å². The number of benzene rings is 3. The predicted molar refractivity (Wildman–Crippen MR) is 173 cm³/mol. The molecular formula is C38H50. The van der Waals surface area contributed by atoms with Crippen molar-refractivity contribution in [3.63, 3.8) is 0 Å². The lowest BCUT2D eigenvalue weighted by atomic mass is 9.78. The monoisotopic (exact) mass is 506 g/mol. The third-order valence-corrected chi connectivity index (χ3v) is 7.12. The minimum absolute atomic E-state index is 0.721. The number of aryl methyl sites for hydroxylation is 3. The smallest absolute Gasteiger partial charge is 0.00697 e. The van der Waals surface area contributed by atoms with Crippen LogP contribution in [-0.2, 0) is 12.8 Å². The number of hydrogen-bond acceptors (Lipinski definition) is 0. The summed E-state index contributed by atoms with van der Waals surface area (Å²) in [5, 5.41) is 0. The van der Waals surface area contributed by atoms with E-state index in [1.54, 1.807) is 0 Å². The van der Waals surface area contributed by atoms with Gasteiger partial charge in [-0.3, -0.25) is 0 Å². The second-order valence-electron chi connectivity index (χ2n) is 10.2. The molecule has 0 saturated heterocycles. The molecule has 0 heteroatoms. The average molecular weight is 507 g/mol. The van der Waals surface area contributed by atoms with Crippen LogP contribution in [0.15, 0.2) is 124 Å². The summed E-state index contributed by atoms with van der Waals surface area (Å²) < 4.78 is 0. The molecule has 0 N–H and O–H groups in total. The molecule has 3 aromatic rings. The average Bonchev–Trinajstić information content (AvgIpc) is 2.97. The van der Waals surface area contributed by atoms with Gasteiger partial charge in [-0.2, -0.15) is 0 Å². The van der Waals surface area contributed by atoms with Crippen LogP contribution in [-0.4, -0.2) is 0 Å². The normalized spacial score (nSPS) is 15.8. The van der Waals surface area contributed by atoms with Gasteiger partial charge in [0.2, 0.25) is 0 Å². The maximum Gasteiger partial charge on any atom is -0.00697 e. The molecule has 1 aliphatic carbocycles. The SMILES string of the molecule is C=C.C=C.C=C(CCc1ccccc1)Cc1ccc(C)cc1.C=C(c1ccc(C)cc1)C1CCC(C)CC1. The molecule has 0 nitrogen and oxygen atoms in total. The highest BCUT2D eigenvalue weighted by molar-refractivity contribution is 5.65. The van der Waals surface area contributed by atoms with E-state index in [1.165, 1.54) is 64.6 Å². The lowest BCUT2D eigenvalue weighted by Crippen LogP contribution is -2.13. The summed E-state index contributed by atoms with van der Waals surface area (Å²) in [6.07, 6.45) is 8.55. The molecule has 0 radical (unpaired) electrons. The van der Waals surface area contributed by atoms with E-state index in [0.717, 1.165) is 31.1 Å². The number of hydrogen-bond donors (Lipinski definition) is 0. The first-order chi connectivity index (χ1) is 18.4. The van der Waals surface area contributed by atoms with E-state index < -0.39 is 0 Å². The van der Waals surface area contributed by atoms with Crippen molar-refractivity contribution in [2.75, 3.05) is 0 Å². The Morgan fingerprint density at radius 3 is 1.68 bits per heavy atom. The van der Waals surface area contributed by atoms with Crippen molar-refractivity contribution >= 4 is 5.57 Å². The van der Waals surface area contributed by atoms with Crippen LogP contribution in [0, 0.1) is 25.7 Å². The largest absolute Gasteiger partial charge is 0.106 e. The minimum Gasteiger partial charge on any atom is -0.106 e. The Bertz CT molecular complexity index is 1040. The third-order valence-electron chi connectivity index (χ3n) is 7.12. The van der Waals surface area contributed by atoms with Gasteiger partial charge in [-0.1, -0.05) is 128 Å². The Kier molecular flexibility index (Phi) is 16.2. The number of allylic oxidation sites excluding steroid dienone is 2. The predicted octanol–water partition coefficient (Wildman–Crippen LogP) is 11.2. The van der Waals surface area contributed by atoms with Gasteiger partial charge in [0.15, 0.2) is 0 Å². The minimum atomic E-state index is 0.721. The van der Waals surface area contributed by atoms with Gasteiger partial charge in [0.25, 0.3) is 0 Å². The van der Waals surface area contributed by atoms with Crippen molar-refractivity contribution in [2.45, 2.75) is 65.7 Å². The third kappa shape index (κ3) is 12.2. The van der Waals surface area contributed by atoms with E-state index in [2.05, 4.69) is 139 Å². The van der Waals surface area contributed by atoms with Crippen molar-refractivity contribution in [1.29, 1.82) is 0 Å². The molecule has 202 valence electrons. The first kappa shape index (κ1) is 32.6. The summed E-state index contributed by atoms with van der Waals surface area (Å²) in [4.78, 5) is 0. The first-order valence-corrected chi connectivity index (χ1v) is 13.9. The fourth-order valence-corrected chi connectivity index (χ4v) is 4.66. The molecule has 1 saturated carbocycles. The van der Waals surface area contributed by atoms with Gasteiger partial charge >= 0.3 is 0 Å². The van der Waals surface area contributed by atoms with Gasteiger partial charge in [0, 0.05) is 0 Å². The summed E-state index contributed by atoms with van der Waals surface area (Å²) in [7, 11) is 0. The molecule has 0 spiro atoms. The zero-order valence-electron chi connectivity index (χ0n) is 24.4. The molecule has 0 aromatic heterocycles. The van der Waals surface area contributed by atoms with Crippen LogP contribution in [0.1, 0.15) is 66.8 Å². The zero-order valence-corrected chi connectivity index (χ0v) is 24.4. The highest BCUT2D eigenvalue weighted by atomic mass is 14.3. The van der Waals surface area contributed by atoms with Gasteiger partial charge < -0.3 is 0 Å². The van der Waals surface area contributed by atoms with Crippen molar-refractivity contribution in [1.82, 2.24) is 0 Å². The summed E-state index contributed by atoms with van der Waals surface area (Å²) in [5.74, 6) is 1.64. The summed E-state index contributed by atoms with van der Waals surface area (Å²) >= 11 is 0. The Balaban J connectivity index is 0.000000338. The molecule has 0 atom stereocenters. The van der Waals surface area contributed by atoms with Crippen LogP contribution < -0.4 is 0 Å². The molecule has 1 fully saturated rings. The summed E-state index contributed by atoms with van der Waals surface area (Å²) in [6.45, 7) is 27.1. The van der Waals surface area contributed by atoms with Gasteiger partial charge in [0.1, 0.15) is 0 Å². The Morgan fingerprint density at radius 1 is 0.658 bits per heavy atom. The van der Waals surface area contributed by atoms with Crippen molar-refractivity contribution in [3.05, 3.63) is 152 Å². The van der Waals surface area contributed by atoms with Crippen molar-refractivity contribution < 1.29 is 0 Å². The first-order valence-electron chi connectivity index (χ1n) is 13.9. The van der Waals surface area contributed by atoms with E-state index in [-0.39, 0.29) is 0 Å². The summed E-state index contributed by atoms with van der Waals surface area (Å²) in [6, 6.07) is 28.1. The number of rotatable bonds is 7. The van der Waals surface area contributed by atoms with Crippen molar-refractivity contribution in [2.24, 2.45) is 11.8 Å². The molecule has 3 aromatic carbocycles. The molecule has 0 amide bonds. The highest BCUT2D eigenvalue weighted by Gasteiger charge is 2.20. The highest BCUT2D eigenvalue weighted by Crippen LogP contribution is 2.36. The Hall–Kier alpha value is -3.38. The van der Waals surface area contributed by atoms with E-state index in [9.17, 15) is 0 Å². The quantitative estimate of drug-likeness (QED) is 0.279. The van der Waals surface area contributed by atoms with Crippen LogP contribution in [0.25, 0.3) is 5.57 Å². The van der Waals surface area contributed by atoms with Gasteiger partial charge in [-0.15, -0.1) is 26.3 Å². The van der Waals surface area contributed by atoms with Crippen LogP contribution in [0.4, 0.5) is 0 Å². The van der Waals surface area contributed by atoms with Gasteiger partial charge in [-0.05, 0) is 80.1 Å². The molecule has 38 heavy (non-hydrogen) atoms. The maximum absolute atomic E-state index is 4.30. The van der Waals surface area contributed by atoms with E-state index in [0.29, 0.717) is 0 Å². The molecule has 1 aliphatic rings. The molecule has 0 heterocycles. The van der Waals surface area contributed by atoms with E-state index in [4.69, 9.17) is 0 Å². The van der Waals surface area contributed by atoms with E-state index in [1.807, 2.05) is 0 Å². The fourth-order valence-electron chi connectivity index (χ4n) is 4.66. The second-order valence-corrected chi connectivity index (χ2v) is 10.2. The molecule has 0 unspecified atom stereocenters. The zero-order chi connectivity index (χ0) is 28.3. The maximum atomic E-state index is 4.30. The Labute approximate surface area is 234 Å². The lowest BCUT2D eigenvalue weighted by Gasteiger charge is -2.28. The lowest BCUT2D eigenvalue weighted by molar-refractivity contribution is 0.337. The fraction of sp³-hybridized carbons (Fsp3) is 0.316. The topological polar surface area (TPSA) is 0 Å². The molecule has 0 aliphatic heterocycles. The summed E-state index contributed by atoms with van der Waals surface area (Å²) in [5.41, 5.74) is 9.39. The van der Waals surface area contributed by atoms with Crippen LogP contribution in [0.3, 0.4) is 0 Å². The van der Waals surface area contributed by atoms with Crippen molar-refractivity contribution in [3.8, 4) is 0 Å². The second kappa shape index (κ2) is 18.8. The standard InChI is InChI=1S/C18H20.C16H22.2C2H4/c1-15-8-12-18(13-9-15)14-16(2)10-11-17-6-4-3-5-7-17;1-12-4-8-15(9-5-12)14(3)16-10-6-13(2)7-11-16;2*1-2/h3-9,12-13H,2,10-11,14H2,1H3;4-5,8-9,13,16H,3,6-7,10-11H2,1-2H3;2*1-2H2. The molecular weight excluding hydrogens is 456 g/mol. The molecule has 0 bridgehead atoms. The van der Waals surface area contributed by atoms with Gasteiger partial charge in [0.05, 0.1) is 0 Å².